The number of anilines is 1. The standard InChI is InChI=1S/C22H24F3N3O4/c1-22(2,11-29)27-21(32)18(30)17-10-14(16-5-3-4-8-28(16)17)20(31)26-12-6-7-15(23)13(9-12)19(24)25/h6-7,9-10,19,29H,3-5,8,11H2,1-2H3,(H,26,31)(H,27,32). The molecule has 0 aliphatic carbocycles. The van der Waals surface area contributed by atoms with Gasteiger partial charge in [0.05, 0.1) is 29.0 Å². The van der Waals surface area contributed by atoms with E-state index in [0.29, 0.717) is 18.7 Å². The predicted molar refractivity (Wildman–Crippen MR) is 110 cm³/mol. The summed E-state index contributed by atoms with van der Waals surface area (Å²) in [5.74, 6) is -3.50. The highest BCUT2D eigenvalue weighted by atomic mass is 19.3. The van der Waals surface area contributed by atoms with Crippen LogP contribution in [0, 0.1) is 5.82 Å². The summed E-state index contributed by atoms with van der Waals surface area (Å²) in [6, 6.07) is 4.17. The average Bonchev–Trinajstić information content (AvgIpc) is 3.14. The normalized spacial score (nSPS) is 13.6. The molecule has 0 spiro atoms. The highest BCUT2D eigenvalue weighted by Gasteiger charge is 2.31. The molecule has 0 fully saturated rings. The Morgan fingerprint density at radius 2 is 1.91 bits per heavy atom. The van der Waals surface area contributed by atoms with Crippen molar-refractivity contribution in [2.24, 2.45) is 0 Å². The number of aliphatic hydroxyl groups is 1. The van der Waals surface area contributed by atoms with E-state index in [1.54, 1.807) is 18.4 Å². The number of fused-ring (bicyclic) bond motifs is 1. The number of hydrogen-bond acceptors (Lipinski definition) is 4. The molecule has 0 saturated carbocycles. The second kappa shape index (κ2) is 9.15. The molecule has 0 atom stereocenters. The first-order chi connectivity index (χ1) is 15.0. The molecule has 1 aromatic heterocycles. The maximum absolute atomic E-state index is 13.5. The number of nitrogens with zero attached hydrogens (tertiary/aromatic N) is 1. The number of carbonyl (C=O) groups is 3. The zero-order chi connectivity index (χ0) is 23.6. The lowest BCUT2D eigenvalue weighted by Gasteiger charge is -2.23. The number of ketones is 1. The molecule has 0 saturated heterocycles. The third-order valence-electron chi connectivity index (χ3n) is 5.27. The summed E-state index contributed by atoms with van der Waals surface area (Å²) in [6.45, 7) is 3.18. The van der Waals surface area contributed by atoms with E-state index in [0.717, 1.165) is 31.0 Å². The van der Waals surface area contributed by atoms with Crippen LogP contribution < -0.4 is 10.6 Å². The van der Waals surface area contributed by atoms with Gasteiger partial charge in [0.2, 0.25) is 0 Å². The number of aromatic nitrogens is 1. The Balaban J connectivity index is 1.90. The number of benzene rings is 1. The van der Waals surface area contributed by atoms with E-state index in [4.69, 9.17) is 0 Å². The number of Topliss-reactive ketones (excluding diaryl/α,β-unsaturated/α-hetero) is 1. The van der Waals surface area contributed by atoms with Crippen molar-refractivity contribution in [3.05, 3.63) is 52.6 Å². The number of amides is 2. The number of halogens is 3. The van der Waals surface area contributed by atoms with Crippen LogP contribution in [0.25, 0.3) is 0 Å². The fourth-order valence-corrected chi connectivity index (χ4v) is 3.57. The number of alkyl halides is 2. The van der Waals surface area contributed by atoms with Crippen molar-refractivity contribution in [1.82, 2.24) is 9.88 Å². The van der Waals surface area contributed by atoms with Gasteiger partial charge in [-0.05, 0) is 57.4 Å². The minimum Gasteiger partial charge on any atom is -0.394 e. The second-order valence-electron chi connectivity index (χ2n) is 8.32. The first-order valence-corrected chi connectivity index (χ1v) is 10.1. The smallest absolute Gasteiger partial charge is 0.294 e. The van der Waals surface area contributed by atoms with Crippen molar-refractivity contribution in [2.75, 3.05) is 11.9 Å². The van der Waals surface area contributed by atoms with Crippen LogP contribution in [0.1, 0.15) is 65.2 Å². The molecule has 2 heterocycles. The molecule has 2 aromatic rings. The van der Waals surface area contributed by atoms with Gasteiger partial charge in [-0.25, -0.2) is 13.2 Å². The van der Waals surface area contributed by atoms with E-state index in [1.807, 2.05) is 0 Å². The predicted octanol–water partition coefficient (Wildman–Crippen LogP) is 3.22. The van der Waals surface area contributed by atoms with Crippen molar-refractivity contribution in [3.63, 3.8) is 0 Å². The lowest BCUT2D eigenvalue weighted by Crippen LogP contribution is -2.49. The van der Waals surface area contributed by atoms with E-state index < -0.39 is 40.9 Å². The Kier molecular flexibility index (Phi) is 6.73. The summed E-state index contributed by atoms with van der Waals surface area (Å²) in [7, 11) is 0. The number of hydrogen-bond donors (Lipinski definition) is 3. The lowest BCUT2D eigenvalue weighted by atomic mass is 10.1. The maximum Gasteiger partial charge on any atom is 0.294 e. The van der Waals surface area contributed by atoms with Gasteiger partial charge in [-0.15, -0.1) is 0 Å². The van der Waals surface area contributed by atoms with Crippen molar-refractivity contribution in [3.8, 4) is 0 Å². The van der Waals surface area contributed by atoms with Gasteiger partial charge in [-0.2, -0.15) is 0 Å². The first-order valence-electron chi connectivity index (χ1n) is 10.1. The number of rotatable bonds is 7. The van der Waals surface area contributed by atoms with E-state index in [9.17, 15) is 32.7 Å². The van der Waals surface area contributed by atoms with Gasteiger partial charge in [0.25, 0.3) is 24.0 Å². The van der Waals surface area contributed by atoms with E-state index in [1.165, 1.54) is 6.07 Å². The van der Waals surface area contributed by atoms with Crippen LogP contribution in [0.3, 0.4) is 0 Å². The molecule has 3 rings (SSSR count). The molecule has 0 bridgehead atoms. The minimum absolute atomic E-state index is 0.0159. The largest absolute Gasteiger partial charge is 0.394 e. The fourth-order valence-electron chi connectivity index (χ4n) is 3.57. The Hall–Kier alpha value is -3.14. The molecule has 1 aliphatic rings. The second-order valence-corrected chi connectivity index (χ2v) is 8.32. The average molecular weight is 451 g/mol. The van der Waals surface area contributed by atoms with Gasteiger partial charge >= 0.3 is 0 Å². The lowest BCUT2D eigenvalue weighted by molar-refractivity contribution is -0.119. The number of nitrogens with one attached hydrogen (secondary N) is 2. The zero-order valence-electron chi connectivity index (χ0n) is 17.7. The highest BCUT2D eigenvalue weighted by molar-refractivity contribution is 6.42. The van der Waals surface area contributed by atoms with Crippen molar-refractivity contribution in [2.45, 2.75) is 51.6 Å². The van der Waals surface area contributed by atoms with Crippen LogP contribution in [-0.2, 0) is 17.8 Å². The minimum atomic E-state index is -3.04. The van der Waals surface area contributed by atoms with Crippen molar-refractivity contribution >= 4 is 23.3 Å². The summed E-state index contributed by atoms with van der Waals surface area (Å²) >= 11 is 0. The van der Waals surface area contributed by atoms with Gasteiger partial charge in [-0.3, -0.25) is 14.4 Å². The third-order valence-corrected chi connectivity index (χ3v) is 5.27. The van der Waals surface area contributed by atoms with Gasteiger partial charge in [0, 0.05) is 17.9 Å². The Morgan fingerprint density at radius 1 is 1.19 bits per heavy atom. The van der Waals surface area contributed by atoms with E-state index >= 15 is 0 Å². The summed E-state index contributed by atoms with van der Waals surface area (Å²) < 4.78 is 41.1. The van der Waals surface area contributed by atoms with Gasteiger partial charge in [0.1, 0.15) is 5.82 Å². The van der Waals surface area contributed by atoms with Crippen LogP contribution in [-0.4, -0.2) is 39.4 Å². The topological polar surface area (TPSA) is 100 Å². The number of aliphatic hydroxyl groups excluding tert-OH is 1. The Morgan fingerprint density at radius 3 is 2.56 bits per heavy atom. The Bertz CT molecular complexity index is 1060. The number of carbonyl (C=O) groups excluding carboxylic acids is 3. The summed E-state index contributed by atoms with van der Waals surface area (Å²) in [4.78, 5) is 38.1. The Labute approximate surface area is 182 Å². The molecule has 10 heteroatoms. The third kappa shape index (κ3) is 4.85. The molecule has 7 nitrogen and oxygen atoms in total. The molecule has 1 aliphatic heterocycles. The molecule has 0 radical (unpaired) electrons. The summed E-state index contributed by atoms with van der Waals surface area (Å²) in [5.41, 5.74) is -1.12. The van der Waals surface area contributed by atoms with E-state index in [2.05, 4.69) is 10.6 Å². The maximum atomic E-state index is 13.5. The zero-order valence-corrected chi connectivity index (χ0v) is 17.7. The summed E-state index contributed by atoms with van der Waals surface area (Å²) in [6.07, 6.45) is -1.03. The summed E-state index contributed by atoms with van der Waals surface area (Å²) in [5, 5.41) is 14.2. The molecule has 2 amide bonds. The van der Waals surface area contributed by atoms with Crippen LogP contribution in [0.15, 0.2) is 24.3 Å². The fraction of sp³-hybridized carbons (Fsp3) is 0.409. The van der Waals surface area contributed by atoms with Crippen LogP contribution in [0.5, 0.6) is 0 Å². The van der Waals surface area contributed by atoms with Crippen molar-refractivity contribution in [1.29, 1.82) is 0 Å². The molecule has 32 heavy (non-hydrogen) atoms. The van der Waals surface area contributed by atoms with E-state index in [-0.39, 0.29) is 23.6 Å². The van der Waals surface area contributed by atoms with Gasteiger partial charge in [-0.1, -0.05) is 0 Å². The van der Waals surface area contributed by atoms with Crippen molar-refractivity contribution < 1.29 is 32.7 Å². The van der Waals surface area contributed by atoms with Crippen LogP contribution >= 0.6 is 0 Å². The molecule has 0 unspecified atom stereocenters. The molecule has 3 N–H and O–H groups in total. The molecular weight excluding hydrogens is 427 g/mol. The molecule has 1 aromatic carbocycles. The molecular formula is C22H24F3N3O4. The molecule has 172 valence electrons. The SMILES string of the molecule is CC(C)(CO)NC(=O)C(=O)c1cc(C(=O)Nc2ccc(F)c(C(F)F)c2)c2n1CCCC2. The van der Waals surface area contributed by atoms with Gasteiger partial charge < -0.3 is 20.3 Å². The monoisotopic (exact) mass is 451 g/mol. The highest BCUT2D eigenvalue weighted by Crippen LogP contribution is 2.28. The first kappa shape index (κ1) is 23.5. The van der Waals surface area contributed by atoms with Gasteiger partial charge in [0.15, 0.2) is 0 Å². The quantitative estimate of drug-likeness (QED) is 0.445. The van der Waals surface area contributed by atoms with Crippen LogP contribution in [0.2, 0.25) is 0 Å². The van der Waals surface area contributed by atoms with Crippen LogP contribution in [0.4, 0.5) is 18.9 Å².